The number of furan rings is 1. The monoisotopic (exact) mass is 859 g/mol. The lowest BCUT2D eigenvalue weighted by molar-refractivity contribution is -0.384. The maximum Gasteiger partial charge on any atom is 0.269 e. The van der Waals surface area contributed by atoms with Crippen LogP contribution in [-0.4, -0.2) is 69.4 Å². The predicted octanol–water partition coefficient (Wildman–Crippen LogP) is 7.64. The molecule has 16 heteroatoms. The fraction of sp³-hybridized carbons (Fsp3) is 0.188. The molecule has 4 N–H and O–H groups in total. The number of benzene rings is 4. The van der Waals surface area contributed by atoms with Crippen LogP contribution in [0.5, 0.6) is 0 Å². The molecule has 322 valence electrons. The Labute approximate surface area is 366 Å². The Morgan fingerprint density at radius 1 is 0.719 bits per heavy atom. The third-order valence-corrected chi connectivity index (χ3v) is 11.0. The normalized spacial score (nSPS) is 14.5. The number of carbonyl (C=O) groups excluding carboxylic acids is 6. The van der Waals surface area contributed by atoms with E-state index in [-0.39, 0.29) is 41.5 Å². The summed E-state index contributed by atoms with van der Waals surface area (Å²) in [5.74, 6) is -2.15. The lowest BCUT2D eigenvalue weighted by atomic mass is 10.00. The second-order valence-electron chi connectivity index (χ2n) is 15.3. The fourth-order valence-corrected chi connectivity index (χ4v) is 7.59. The molecule has 0 bridgehead atoms. The van der Waals surface area contributed by atoms with E-state index < -0.39 is 34.6 Å². The molecule has 0 saturated carbocycles. The summed E-state index contributed by atoms with van der Waals surface area (Å²) in [4.78, 5) is 92.3. The quantitative estimate of drug-likeness (QED) is 0.0320. The highest BCUT2D eigenvalue weighted by Crippen LogP contribution is 2.32. The van der Waals surface area contributed by atoms with E-state index in [1.807, 2.05) is 24.3 Å². The first-order valence-corrected chi connectivity index (χ1v) is 20.7. The minimum absolute atomic E-state index is 0.0219. The molecular weight excluding hydrogens is 819 g/mol. The van der Waals surface area contributed by atoms with Crippen LogP contribution in [-0.2, 0) is 9.59 Å². The predicted molar refractivity (Wildman–Crippen MR) is 236 cm³/mol. The summed E-state index contributed by atoms with van der Waals surface area (Å²) in [6, 6.07) is 31.1. The Morgan fingerprint density at radius 3 is 2.08 bits per heavy atom. The number of rotatable bonds is 16. The van der Waals surface area contributed by atoms with Gasteiger partial charge < -0.3 is 20.4 Å². The van der Waals surface area contributed by atoms with Crippen molar-refractivity contribution < 1.29 is 38.1 Å². The average molecular weight is 860 g/mol. The Balaban J connectivity index is 0.768. The lowest BCUT2D eigenvalue weighted by Gasteiger charge is -2.27. The molecule has 0 aliphatic carbocycles. The van der Waals surface area contributed by atoms with E-state index in [9.17, 15) is 38.9 Å². The molecule has 4 aromatic carbocycles. The standard InChI is InChI=1S/C48H41N7O9/c56-43-22-21-41(46(59)53-43)54-47(60)37-20-17-35(28-38(37)48(54)61)49-23-3-1-2-4-24-50-44(57)31-11-15-34(16-12-31)51-45(58)32-9-7-29(8-10-32)33-26-39(30-13-18-36(19-14-30)55(62)63)52-40(27-33)42-6-5-25-64-42/h5-20,25-28,41,49H,1-4,21-24H2,(H,50,57)(H,51,58)(H,53,56,59). The number of fused-ring (bicyclic) bond motifs is 1. The summed E-state index contributed by atoms with van der Waals surface area (Å²) in [6.45, 7) is 1.12. The minimum Gasteiger partial charge on any atom is -0.463 e. The van der Waals surface area contributed by atoms with Crippen LogP contribution in [0.1, 0.15) is 80.0 Å². The number of imide groups is 2. The topological polar surface area (TPSA) is 223 Å². The lowest BCUT2D eigenvalue weighted by Crippen LogP contribution is -2.54. The van der Waals surface area contributed by atoms with Crippen LogP contribution in [0.25, 0.3) is 33.8 Å². The van der Waals surface area contributed by atoms with Crippen LogP contribution in [0, 0.1) is 10.1 Å². The summed E-state index contributed by atoms with van der Waals surface area (Å²) in [7, 11) is 0. The number of anilines is 2. The molecule has 1 fully saturated rings. The smallest absolute Gasteiger partial charge is 0.269 e. The van der Waals surface area contributed by atoms with Crippen molar-refractivity contribution in [3.05, 3.63) is 154 Å². The molecular formula is C48H41N7O9. The number of non-ortho nitro benzene ring substituents is 1. The molecule has 2 aliphatic rings. The van der Waals surface area contributed by atoms with Gasteiger partial charge in [0.15, 0.2) is 5.76 Å². The number of nitro benzene ring substituents is 1. The molecule has 6 amide bonds. The second-order valence-corrected chi connectivity index (χ2v) is 15.3. The molecule has 2 aliphatic heterocycles. The van der Waals surface area contributed by atoms with E-state index in [4.69, 9.17) is 9.40 Å². The third kappa shape index (κ3) is 9.45. The van der Waals surface area contributed by atoms with Gasteiger partial charge in [0.2, 0.25) is 11.8 Å². The molecule has 1 saturated heterocycles. The Bertz CT molecular complexity index is 2770. The van der Waals surface area contributed by atoms with Gasteiger partial charge in [-0.3, -0.25) is 49.1 Å². The highest BCUT2D eigenvalue weighted by Gasteiger charge is 2.44. The first-order valence-electron chi connectivity index (χ1n) is 20.7. The van der Waals surface area contributed by atoms with Gasteiger partial charge in [0, 0.05) is 59.7 Å². The molecule has 0 radical (unpaired) electrons. The van der Waals surface area contributed by atoms with Crippen LogP contribution in [0.3, 0.4) is 0 Å². The van der Waals surface area contributed by atoms with Crippen LogP contribution in [0.15, 0.2) is 126 Å². The first kappa shape index (κ1) is 42.4. The highest BCUT2D eigenvalue weighted by molar-refractivity contribution is 6.23. The number of nitro groups is 1. The zero-order valence-electron chi connectivity index (χ0n) is 34.3. The number of pyridine rings is 1. The zero-order valence-corrected chi connectivity index (χ0v) is 34.3. The number of nitrogens with one attached hydrogen (secondary N) is 4. The Kier molecular flexibility index (Phi) is 12.4. The Morgan fingerprint density at radius 2 is 1.38 bits per heavy atom. The van der Waals surface area contributed by atoms with Crippen LogP contribution < -0.4 is 21.3 Å². The number of amides is 6. The number of unbranched alkanes of at least 4 members (excludes halogenated alkanes) is 3. The molecule has 16 nitrogen and oxygen atoms in total. The van der Waals surface area contributed by atoms with Crippen molar-refractivity contribution >= 4 is 52.5 Å². The number of carbonyl (C=O) groups is 6. The van der Waals surface area contributed by atoms with Gasteiger partial charge in [0.05, 0.1) is 28.0 Å². The Hall–Kier alpha value is -8.27. The third-order valence-electron chi connectivity index (χ3n) is 11.0. The second kappa shape index (κ2) is 18.8. The first-order chi connectivity index (χ1) is 31.0. The van der Waals surface area contributed by atoms with Crippen LogP contribution in [0.4, 0.5) is 17.1 Å². The zero-order chi connectivity index (χ0) is 44.7. The number of nitrogens with zero attached hydrogens (tertiary/aromatic N) is 3. The van der Waals surface area contributed by atoms with Crippen molar-refractivity contribution in [1.82, 2.24) is 20.5 Å². The maximum absolute atomic E-state index is 13.2. The van der Waals surface area contributed by atoms with Crippen molar-refractivity contribution in [3.63, 3.8) is 0 Å². The van der Waals surface area contributed by atoms with Crippen LogP contribution in [0.2, 0.25) is 0 Å². The van der Waals surface area contributed by atoms with E-state index in [0.29, 0.717) is 58.3 Å². The SMILES string of the molecule is O=C1CCC(N2C(=O)c3ccc(NCCCCCCNC(=O)c4ccc(NC(=O)c5ccc(-c6cc(-c7ccc([N+](=O)[O-])cc7)nc(-c7ccco7)c6)cc5)cc4)cc3C2=O)C(=O)N1. The van der Waals surface area contributed by atoms with Crippen molar-refractivity contribution in [2.75, 3.05) is 23.7 Å². The van der Waals surface area contributed by atoms with Crippen LogP contribution >= 0.6 is 0 Å². The summed E-state index contributed by atoms with van der Waals surface area (Å²) in [6.07, 6.45) is 5.10. The molecule has 6 aromatic rings. The van der Waals surface area contributed by atoms with E-state index in [1.165, 1.54) is 12.1 Å². The van der Waals surface area contributed by atoms with Crippen molar-refractivity contribution in [2.24, 2.45) is 0 Å². The van der Waals surface area contributed by atoms with E-state index in [0.717, 1.165) is 41.7 Å². The number of hydrogen-bond acceptors (Lipinski definition) is 11. The molecule has 4 heterocycles. The average Bonchev–Trinajstić information content (AvgIpc) is 3.94. The molecule has 64 heavy (non-hydrogen) atoms. The van der Waals surface area contributed by atoms with Gasteiger partial charge in [-0.05, 0) is 121 Å². The summed E-state index contributed by atoms with van der Waals surface area (Å²) < 4.78 is 5.60. The van der Waals surface area contributed by atoms with Gasteiger partial charge >= 0.3 is 0 Å². The molecule has 0 spiro atoms. The fourth-order valence-electron chi connectivity index (χ4n) is 7.59. The summed E-state index contributed by atoms with van der Waals surface area (Å²) >= 11 is 0. The van der Waals surface area contributed by atoms with Gasteiger partial charge in [0.1, 0.15) is 11.7 Å². The molecule has 1 unspecified atom stereocenters. The van der Waals surface area contributed by atoms with Gasteiger partial charge in [0.25, 0.3) is 29.3 Å². The summed E-state index contributed by atoms with van der Waals surface area (Å²) in [5.41, 5.74) is 6.01. The van der Waals surface area contributed by atoms with E-state index in [2.05, 4.69) is 21.3 Å². The number of piperidine rings is 1. The summed E-state index contributed by atoms with van der Waals surface area (Å²) in [5, 5.41) is 22.5. The molecule has 8 rings (SSSR count). The van der Waals surface area contributed by atoms with Gasteiger partial charge in [-0.25, -0.2) is 4.98 Å². The van der Waals surface area contributed by atoms with Gasteiger partial charge in [-0.1, -0.05) is 25.0 Å². The van der Waals surface area contributed by atoms with E-state index >= 15 is 0 Å². The molecule has 1 atom stereocenters. The van der Waals surface area contributed by atoms with Gasteiger partial charge in [-0.15, -0.1) is 0 Å². The largest absolute Gasteiger partial charge is 0.463 e. The number of aromatic nitrogens is 1. The highest BCUT2D eigenvalue weighted by atomic mass is 16.6. The van der Waals surface area contributed by atoms with Gasteiger partial charge in [-0.2, -0.15) is 0 Å². The van der Waals surface area contributed by atoms with E-state index in [1.54, 1.807) is 85.1 Å². The van der Waals surface area contributed by atoms with Crippen molar-refractivity contribution in [3.8, 4) is 33.8 Å². The maximum atomic E-state index is 13.2. The molecule has 2 aromatic heterocycles. The number of hydrogen-bond donors (Lipinski definition) is 4. The van der Waals surface area contributed by atoms with Crippen molar-refractivity contribution in [1.29, 1.82) is 0 Å². The van der Waals surface area contributed by atoms with Crippen molar-refractivity contribution in [2.45, 2.75) is 44.6 Å². The minimum atomic E-state index is -1.01.